The van der Waals surface area contributed by atoms with Gasteiger partial charge in [-0.05, 0) is 35.9 Å². The highest BCUT2D eigenvalue weighted by atomic mass is 35.5. The normalized spacial score (nSPS) is 10.1. The highest BCUT2D eigenvalue weighted by Gasteiger charge is 2.04. The highest BCUT2D eigenvalue weighted by Crippen LogP contribution is 2.22. The first-order chi connectivity index (χ1) is 9.54. The molecule has 0 aromatic heterocycles. The van der Waals surface area contributed by atoms with Gasteiger partial charge in [-0.1, -0.05) is 23.7 Å². The van der Waals surface area contributed by atoms with Crippen LogP contribution in [0.3, 0.4) is 0 Å². The van der Waals surface area contributed by atoms with Crippen molar-refractivity contribution in [3.63, 3.8) is 0 Å². The van der Waals surface area contributed by atoms with Crippen LogP contribution in [-0.2, 0) is 6.54 Å². The third kappa shape index (κ3) is 3.86. The zero-order chi connectivity index (χ0) is 14.5. The number of hydrogen-bond donors (Lipinski definition) is 3. The van der Waals surface area contributed by atoms with Crippen molar-refractivity contribution in [2.75, 3.05) is 11.1 Å². The summed E-state index contributed by atoms with van der Waals surface area (Å²) in [5.41, 5.74) is 7.22. The Labute approximate surface area is 120 Å². The molecule has 2 amide bonds. The van der Waals surface area contributed by atoms with E-state index in [0.717, 1.165) is 0 Å². The quantitative estimate of drug-likeness (QED) is 0.759. The summed E-state index contributed by atoms with van der Waals surface area (Å²) in [6, 6.07) is 10.4. The first kappa shape index (κ1) is 14.1. The van der Waals surface area contributed by atoms with Gasteiger partial charge in [-0.2, -0.15) is 0 Å². The lowest BCUT2D eigenvalue weighted by atomic mass is 10.2. The first-order valence-corrected chi connectivity index (χ1v) is 6.27. The first-order valence-electron chi connectivity index (χ1n) is 5.89. The van der Waals surface area contributed by atoms with Gasteiger partial charge in [0, 0.05) is 12.2 Å². The van der Waals surface area contributed by atoms with Gasteiger partial charge in [0.2, 0.25) is 0 Å². The third-order valence-corrected chi connectivity index (χ3v) is 2.93. The second-order valence-corrected chi connectivity index (χ2v) is 4.58. The van der Waals surface area contributed by atoms with Crippen LogP contribution in [0.15, 0.2) is 42.5 Å². The minimum absolute atomic E-state index is 0.228. The molecule has 0 spiro atoms. The maximum Gasteiger partial charge on any atom is 0.319 e. The average Bonchev–Trinajstić information content (AvgIpc) is 2.41. The number of carbonyl (C=O) groups excluding carboxylic acids is 1. The van der Waals surface area contributed by atoms with Crippen molar-refractivity contribution >= 4 is 29.0 Å². The summed E-state index contributed by atoms with van der Waals surface area (Å²) < 4.78 is 13.0. The van der Waals surface area contributed by atoms with E-state index in [1.54, 1.807) is 30.3 Å². The van der Waals surface area contributed by atoms with Crippen molar-refractivity contribution < 1.29 is 9.18 Å². The van der Waals surface area contributed by atoms with Crippen LogP contribution in [0.2, 0.25) is 5.02 Å². The molecule has 4 nitrogen and oxygen atoms in total. The Hall–Kier alpha value is -2.27. The highest BCUT2D eigenvalue weighted by molar-refractivity contribution is 6.33. The van der Waals surface area contributed by atoms with Crippen molar-refractivity contribution in [1.82, 2.24) is 5.32 Å². The molecule has 6 heteroatoms. The fourth-order valence-corrected chi connectivity index (χ4v) is 1.79. The second kappa shape index (κ2) is 6.25. The Morgan fingerprint density at radius 3 is 2.75 bits per heavy atom. The topological polar surface area (TPSA) is 67.1 Å². The molecule has 0 saturated carbocycles. The molecule has 0 fully saturated rings. The van der Waals surface area contributed by atoms with Crippen LogP contribution in [0.5, 0.6) is 0 Å². The molecule has 2 aromatic rings. The molecule has 0 radical (unpaired) electrons. The summed E-state index contributed by atoms with van der Waals surface area (Å²) in [6.07, 6.45) is 0. The van der Waals surface area contributed by atoms with Crippen LogP contribution in [0.25, 0.3) is 0 Å². The van der Waals surface area contributed by atoms with Crippen molar-refractivity contribution in [3.05, 3.63) is 58.9 Å². The number of urea groups is 1. The van der Waals surface area contributed by atoms with Gasteiger partial charge in [0.15, 0.2) is 0 Å². The van der Waals surface area contributed by atoms with E-state index in [0.29, 0.717) is 22.0 Å². The van der Waals surface area contributed by atoms with E-state index in [-0.39, 0.29) is 12.4 Å². The van der Waals surface area contributed by atoms with Crippen LogP contribution in [0.4, 0.5) is 20.6 Å². The molecular weight excluding hydrogens is 281 g/mol. The summed E-state index contributed by atoms with van der Waals surface area (Å²) >= 11 is 5.85. The Morgan fingerprint density at radius 1 is 1.25 bits per heavy atom. The third-order valence-electron chi connectivity index (χ3n) is 2.60. The maximum absolute atomic E-state index is 13.0. The molecule has 4 N–H and O–H groups in total. The Bertz CT molecular complexity index is 634. The van der Waals surface area contributed by atoms with E-state index in [4.69, 9.17) is 17.3 Å². The lowest BCUT2D eigenvalue weighted by Crippen LogP contribution is -2.28. The number of carbonyl (C=O) groups is 1. The molecule has 104 valence electrons. The molecule has 20 heavy (non-hydrogen) atoms. The zero-order valence-corrected chi connectivity index (χ0v) is 11.2. The van der Waals surface area contributed by atoms with Gasteiger partial charge in [0.1, 0.15) is 5.82 Å². The van der Waals surface area contributed by atoms with E-state index in [9.17, 15) is 9.18 Å². The Balaban J connectivity index is 1.91. The summed E-state index contributed by atoms with van der Waals surface area (Å²) in [5.74, 6) is -0.338. The zero-order valence-electron chi connectivity index (χ0n) is 10.5. The number of nitrogen functional groups attached to an aromatic ring is 1. The molecule has 0 aliphatic rings. The van der Waals surface area contributed by atoms with Crippen LogP contribution >= 0.6 is 11.6 Å². The number of nitrogens with one attached hydrogen (secondary N) is 2. The molecule has 2 rings (SSSR count). The summed E-state index contributed by atoms with van der Waals surface area (Å²) in [6.45, 7) is 0.228. The Morgan fingerprint density at radius 2 is 2.05 bits per heavy atom. The summed E-state index contributed by atoms with van der Waals surface area (Å²) in [7, 11) is 0. The van der Waals surface area contributed by atoms with Gasteiger partial charge in [0.05, 0.1) is 10.7 Å². The minimum atomic E-state index is -0.407. The van der Waals surface area contributed by atoms with Gasteiger partial charge >= 0.3 is 6.03 Å². The predicted molar refractivity (Wildman–Crippen MR) is 78.1 cm³/mol. The molecule has 0 aliphatic heterocycles. The second-order valence-electron chi connectivity index (χ2n) is 4.17. The fourth-order valence-electron chi connectivity index (χ4n) is 1.61. The molecule has 0 saturated heterocycles. The monoisotopic (exact) mass is 293 g/mol. The largest absolute Gasteiger partial charge is 0.398 e. The van der Waals surface area contributed by atoms with E-state index in [1.165, 1.54) is 12.1 Å². The summed E-state index contributed by atoms with van der Waals surface area (Å²) in [4.78, 5) is 11.7. The number of rotatable bonds is 3. The van der Waals surface area contributed by atoms with E-state index >= 15 is 0 Å². The number of halogens is 2. The van der Waals surface area contributed by atoms with Crippen LogP contribution < -0.4 is 16.4 Å². The van der Waals surface area contributed by atoms with Gasteiger partial charge in [-0.25, -0.2) is 9.18 Å². The van der Waals surface area contributed by atoms with Crippen molar-refractivity contribution in [2.45, 2.75) is 6.54 Å². The molecule has 2 aromatic carbocycles. The number of benzene rings is 2. The van der Waals surface area contributed by atoms with Crippen LogP contribution in [0, 0.1) is 5.82 Å². The number of hydrogen-bond acceptors (Lipinski definition) is 2. The maximum atomic E-state index is 13.0. The molecule has 0 bridgehead atoms. The van der Waals surface area contributed by atoms with Crippen molar-refractivity contribution in [3.8, 4) is 0 Å². The molecular formula is C14H13ClFN3O. The van der Waals surface area contributed by atoms with Gasteiger partial charge in [-0.3, -0.25) is 0 Å². The Kier molecular flexibility index (Phi) is 4.42. The standard InChI is InChI=1S/C14H13ClFN3O/c15-12-7-11(4-5-13(12)17)19-14(20)18-8-9-2-1-3-10(16)6-9/h1-7H,8,17H2,(H2,18,19,20). The lowest BCUT2D eigenvalue weighted by molar-refractivity contribution is 0.251. The van der Waals surface area contributed by atoms with E-state index in [1.807, 2.05) is 0 Å². The van der Waals surface area contributed by atoms with Crippen LogP contribution in [-0.4, -0.2) is 6.03 Å². The van der Waals surface area contributed by atoms with Gasteiger partial charge in [-0.15, -0.1) is 0 Å². The molecule has 0 aliphatic carbocycles. The minimum Gasteiger partial charge on any atom is -0.398 e. The molecule has 0 heterocycles. The van der Waals surface area contributed by atoms with Gasteiger partial charge in [0.25, 0.3) is 0 Å². The van der Waals surface area contributed by atoms with Crippen LogP contribution in [0.1, 0.15) is 5.56 Å². The molecule has 0 unspecified atom stereocenters. The summed E-state index contributed by atoms with van der Waals surface area (Å²) in [5, 5.41) is 5.60. The lowest BCUT2D eigenvalue weighted by Gasteiger charge is -2.08. The van der Waals surface area contributed by atoms with Gasteiger partial charge < -0.3 is 16.4 Å². The van der Waals surface area contributed by atoms with Crippen molar-refractivity contribution in [2.24, 2.45) is 0 Å². The van der Waals surface area contributed by atoms with E-state index in [2.05, 4.69) is 10.6 Å². The number of nitrogens with two attached hydrogens (primary N) is 1. The smallest absolute Gasteiger partial charge is 0.319 e. The molecule has 0 atom stereocenters. The van der Waals surface area contributed by atoms with E-state index < -0.39 is 6.03 Å². The predicted octanol–water partition coefficient (Wildman–Crippen LogP) is 3.38. The van der Waals surface area contributed by atoms with Crippen molar-refractivity contribution in [1.29, 1.82) is 0 Å². The average molecular weight is 294 g/mol. The number of amides is 2. The number of anilines is 2. The SMILES string of the molecule is Nc1ccc(NC(=O)NCc2cccc(F)c2)cc1Cl. The fraction of sp³-hybridized carbons (Fsp3) is 0.0714.